The number of benzene rings is 1. The zero-order chi connectivity index (χ0) is 17.3. The normalized spacial score (nSPS) is 11.3. The lowest BCUT2D eigenvalue weighted by molar-refractivity contribution is 0.0252. The van der Waals surface area contributed by atoms with Gasteiger partial charge < -0.3 is 15.0 Å². The number of ether oxygens (including phenoxy) is 1. The van der Waals surface area contributed by atoms with Crippen LogP contribution in [0.4, 0.5) is 4.79 Å². The third kappa shape index (κ3) is 7.51. The van der Waals surface area contributed by atoms with Crippen molar-refractivity contribution in [2.75, 3.05) is 19.6 Å². The van der Waals surface area contributed by atoms with Crippen molar-refractivity contribution < 1.29 is 9.53 Å². The van der Waals surface area contributed by atoms with Crippen molar-refractivity contribution in [3.05, 3.63) is 35.4 Å². The largest absolute Gasteiger partial charge is 0.444 e. The first-order valence-electron chi connectivity index (χ1n) is 8.62. The number of nitrogens with zero attached hydrogens (tertiary/aromatic N) is 1. The Hall–Kier alpha value is -1.55. The van der Waals surface area contributed by atoms with E-state index in [4.69, 9.17) is 4.74 Å². The summed E-state index contributed by atoms with van der Waals surface area (Å²) in [5.41, 5.74) is 2.25. The van der Waals surface area contributed by atoms with Crippen LogP contribution >= 0.6 is 0 Å². The molecule has 1 rings (SSSR count). The zero-order valence-corrected chi connectivity index (χ0v) is 15.3. The molecule has 0 atom stereocenters. The van der Waals surface area contributed by atoms with Crippen LogP contribution in [-0.2, 0) is 17.7 Å². The SMILES string of the molecule is CCCN(CCNCc1ccccc1CC)C(=O)OC(C)(C)C. The van der Waals surface area contributed by atoms with Crippen molar-refractivity contribution in [1.29, 1.82) is 0 Å². The van der Waals surface area contributed by atoms with Crippen LogP contribution in [0.2, 0.25) is 0 Å². The molecule has 0 unspecified atom stereocenters. The van der Waals surface area contributed by atoms with Crippen LogP contribution in [0, 0.1) is 0 Å². The highest BCUT2D eigenvalue weighted by Gasteiger charge is 2.21. The van der Waals surface area contributed by atoms with E-state index in [2.05, 4.69) is 43.4 Å². The zero-order valence-electron chi connectivity index (χ0n) is 15.3. The summed E-state index contributed by atoms with van der Waals surface area (Å²) in [4.78, 5) is 14.0. The van der Waals surface area contributed by atoms with Crippen LogP contribution in [0.15, 0.2) is 24.3 Å². The maximum absolute atomic E-state index is 12.2. The van der Waals surface area contributed by atoms with Crippen LogP contribution in [0.25, 0.3) is 0 Å². The maximum atomic E-state index is 12.2. The quantitative estimate of drug-likeness (QED) is 0.737. The highest BCUT2D eigenvalue weighted by molar-refractivity contribution is 5.68. The molecule has 0 saturated heterocycles. The van der Waals surface area contributed by atoms with E-state index in [1.54, 1.807) is 4.90 Å². The molecule has 4 heteroatoms. The number of rotatable bonds is 8. The van der Waals surface area contributed by atoms with Gasteiger partial charge in [-0.25, -0.2) is 4.79 Å². The number of hydrogen-bond acceptors (Lipinski definition) is 3. The van der Waals surface area contributed by atoms with Gasteiger partial charge in [-0.1, -0.05) is 38.1 Å². The fraction of sp³-hybridized carbons (Fsp3) is 0.632. The lowest BCUT2D eigenvalue weighted by Crippen LogP contribution is -2.40. The first-order chi connectivity index (χ1) is 10.9. The van der Waals surface area contributed by atoms with E-state index in [0.717, 1.165) is 32.5 Å². The number of hydrogen-bond donors (Lipinski definition) is 1. The standard InChI is InChI=1S/C19H32N2O2/c1-6-13-21(18(22)23-19(3,4)5)14-12-20-15-17-11-9-8-10-16(17)7-2/h8-11,20H,6-7,12-15H2,1-5H3. The monoisotopic (exact) mass is 320 g/mol. The molecule has 0 saturated carbocycles. The Kier molecular flexibility index (Phi) is 8.10. The Balaban J connectivity index is 2.45. The van der Waals surface area contributed by atoms with Crippen molar-refractivity contribution >= 4 is 6.09 Å². The molecule has 0 bridgehead atoms. The van der Waals surface area contributed by atoms with E-state index in [1.807, 2.05) is 20.8 Å². The van der Waals surface area contributed by atoms with Gasteiger partial charge in [0, 0.05) is 26.2 Å². The Morgan fingerprint density at radius 2 is 1.78 bits per heavy atom. The van der Waals surface area contributed by atoms with Gasteiger partial charge in [-0.15, -0.1) is 0 Å². The Labute approximate surface area is 141 Å². The van der Waals surface area contributed by atoms with Gasteiger partial charge in [0.1, 0.15) is 5.60 Å². The third-order valence-corrected chi connectivity index (χ3v) is 3.52. The topological polar surface area (TPSA) is 41.6 Å². The Morgan fingerprint density at radius 3 is 2.35 bits per heavy atom. The van der Waals surface area contributed by atoms with Crippen molar-refractivity contribution in [1.82, 2.24) is 10.2 Å². The molecule has 1 N–H and O–H groups in total. The average molecular weight is 320 g/mol. The molecule has 130 valence electrons. The van der Waals surface area contributed by atoms with E-state index in [1.165, 1.54) is 11.1 Å². The van der Waals surface area contributed by atoms with Crippen molar-refractivity contribution in [2.24, 2.45) is 0 Å². The van der Waals surface area contributed by atoms with Gasteiger partial charge in [0.2, 0.25) is 0 Å². The van der Waals surface area contributed by atoms with Gasteiger partial charge in [0.25, 0.3) is 0 Å². The molecule has 0 aliphatic carbocycles. The Morgan fingerprint density at radius 1 is 1.13 bits per heavy atom. The molecular formula is C19H32N2O2. The smallest absolute Gasteiger partial charge is 0.410 e. The fourth-order valence-electron chi connectivity index (χ4n) is 2.40. The second-order valence-corrected chi connectivity index (χ2v) is 6.77. The van der Waals surface area contributed by atoms with E-state index >= 15 is 0 Å². The second kappa shape index (κ2) is 9.56. The number of aryl methyl sites for hydroxylation is 1. The molecule has 23 heavy (non-hydrogen) atoms. The minimum atomic E-state index is -0.448. The summed E-state index contributed by atoms with van der Waals surface area (Å²) in [6.45, 7) is 12.9. The van der Waals surface area contributed by atoms with Gasteiger partial charge in [-0.3, -0.25) is 0 Å². The molecule has 0 radical (unpaired) electrons. The first-order valence-corrected chi connectivity index (χ1v) is 8.62. The minimum Gasteiger partial charge on any atom is -0.444 e. The van der Waals surface area contributed by atoms with Crippen LogP contribution in [0.1, 0.15) is 52.2 Å². The van der Waals surface area contributed by atoms with Crippen LogP contribution in [-0.4, -0.2) is 36.2 Å². The molecule has 0 aromatic heterocycles. The predicted molar refractivity (Wildman–Crippen MR) is 95.6 cm³/mol. The van der Waals surface area contributed by atoms with Gasteiger partial charge in [0.15, 0.2) is 0 Å². The summed E-state index contributed by atoms with van der Waals surface area (Å²) in [5, 5.41) is 3.43. The minimum absolute atomic E-state index is 0.227. The summed E-state index contributed by atoms with van der Waals surface area (Å²) in [7, 11) is 0. The molecule has 1 amide bonds. The third-order valence-electron chi connectivity index (χ3n) is 3.52. The summed E-state index contributed by atoms with van der Waals surface area (Å²) >= 11 is 0. The van der Waals surface area contributed by atoms with Gasteiger partial charge in [0.05, 0.1) is 0 Å². The van der Waals surface area contributed by atoms with E-state index in [9.17, 15) is 4.79 Å². The maximum Gasteiger partial charge on any atom is 0.410 e. The lowest BCUT2D eigenvalue weighted by Gasteiger charge is -2.27. The molecule has 0 aliphatic heterocycles. The highest BCUT2D eigenvalue weighted by atomic mass is 16.6. The molecule has 0 fully saturated rings. The van der Waals surface area contributed by atoms with Crippen LogP contribution < -0.4 is 5.32 Å². The molecule has 0 spiro atoms. The lowest BCUT2D eigenvalue weighted by atomic mass is 10.1. The first kappa shape index (κ1) is 19.5. The van der Waals surface area contributed by atoms with Crippen molar-refractivity contribution in [3.63, 3.8) is 0 Å². The van der Waals surface area contributed by atoms with Gasteiger partial charge in [-0.2, -0.15) is 0 Å². The van der Waals surface area contributed by atoms with Crippen LogP contribution in [0.5, 0.6) is 0 Å². The fourth-order valence-corrected chi connectivity index (χ4v) is 2.40. The van der Waals surface area contributed by atoms with E-state index in [-0.39, 0.29) is 6.09 Å². The summed E-state index contributed by atoms with van der Waals surface area (Å²) in [6, 6.07) is 8.47. The average Bonchev–Trinajstić information content (AvgIpc) is 2.49. The van der Waals surface area contributed by atoms with E-state index < -0.39 is 5.60 Å². The molecule has 1 aromatic rings. The summed E-state index contributed by atoms with van der Waals surface area (Å²) in [5.74, 6) is 0. The molecule has 4 nitrogen and oxygen atoms in total. The Bertz CT molecular complexity index is 481. The summed E-state index contributed by atoms with van der Waals surface area (Å²) in [6.07, 6.45) is 1.74. The molecule has 0 aliphatic rings. The molecular weight excluding hydrogens is 288 g/mol. The number of carbonyl (C=O) groups is 1. The van der Waals surface area contributed by atoms with Crippen molar-refractivity contribution in [2.45, 2.75) is 59.6 Å². The van der Waals surface area contributed by atoms with Crippen LogP contribution in [0.3, 0.4) is 0 Å². The van der Waals surface area contributed by atoms with Crippen molar-refractivity contribution in [3.8, 4) is 0 Å². The van der Waals surface area contributed by atoms with E-state index in [0.29, 0.717) is 6.54 Å². The predicted octanol–water partition coefficient (Wildman–Crippen LogP) is 3.99. The molecule has 0 heterocycles. The number of amides is 1. The summed E-state index contributed by atoms with van der Waals surface area (Å²) < 4.78 is 5.46. The second-order valence-electron chi connectivity index (χ2n) is 6.77. The number of nitrogens with one attached hydrogen (secondary N) is 1. The van der Waals surface area contributed by atoms with Gasteiger partial charge in [-0.05, 0) is 44.7 Å². The number of carbonyl (C=O) groups excluding carboxylic acids is 1. The highest BCUT2D eigenvalue weighted by Crippen LogP contribution is 2.11. The van der Waals surface area contributed by atoms with Gasteiger partial charge >= 0.3 is 6.09 Å². The molecule has 1 aromatic carbocycles.